The highest BCUT2D eigenvalue weighted by molar-refractivity contribution is 5.93. The summed E-state index contributed by atoms with van der Waals surface area (Å²) in [6, 6.07) is 13.8. The minimum atomic E-state index is -0.529. The average Bonchev–Trinajstić information content (AvgIpc) is 3.51. The molecule has 9 nitrogen and oxygen atoms in total. The summed E-state index contributed by atoms with van der Waals surface area (Å²) in [6.45, 7) is 0. The fraction of sp³-hybridized carbons (Fsp3) is 0.208. The molecule has 2 aromatic heterocycles. The summed E-state index contributed by atoms with van der Waals surface area (Å²) in [5, 5.41) is 6.98. The van der Waals surface area contributed by atoms with Crippen LogP contribution < -0.4 is 19.5 Å². The number of benzene rings is 2. The van der Waals surface area contributed by atoms with Crippen LogP contribution in [0, 0.1) is 0 Å². The van der Waals surface area contributed by atoms with Crippen LogP contribution in [0.3, 0.4) is 0 Å². The molecule has 1 atom stereocenters. The van der Waals surface area contributed by atoms with Gasteiger partial charge in [-0.2, -0.15) is 0 Å². The number of amides is 1. The molecule has 2 heterocycles. The van der Waals surface area contributed by atoms with E-state index in [-0.39, 0.29) is 5.69 Å². The van der Waals surface area contributed by atoms with Crippen molar-refractivity contribution in [3.8, 4) is 28.6 Å². The summed E-state index contributed by atoms with van der Waals surface area (Å²) >= 11 is 0. The van der Waals surface area contributed by atoms with Crippen LogP contribution in [0.15, 0.2) is 65.4 Å². The van der Waals surface area contributed by atoms with Gasteiger partial charge in [0.15, 0.2) is 11.5 Å². The third-order valence-corrected chi connectivity index (χ3v) is 5.23. The Bertz CT molecular complexity index is 1260. The molecule has 0 aliphatic rings. The van der Waals surface area contributed by atoms with Crippen molar-refractivity contribution in [1.82, 2.24) is 20.0 Å². The van der Waals surface area contributed by atoms with Crippen molar-refractivity contribution in [2.24, 2.45) is 7.05 Å². The second kappa shape index (κ2) is 9.47. The maximum absolute atomic E-state index is 13.2. The quantitative estimate of drug-likeness (QED) is 0.439. The van der Waals surface area contributed by atoms with E-state index in [4.69, 9.17) is 18.7 Å². The van der Waals surface area contributed by atoms with Crippen molar-refractivity contribution in [1.29, 1.82) is 0 Å². The van der Waals surface area contributed by atoms with E-state index < -0.39 is 11.9 Å². The fourth-order valence-electron chi connectivity index (χ4n) is 3.49. The fourth-order valence-corrected chi connectivity index (χ4v) is 3.49. The van der Waals surface area contributed by atoms with Gasteiger partial charge in [-0.25, -0.2) is 4.98 Å². The molecule has 9 heteroatoms. The summed E-state index contributed by atoms with van der Waals surface area (Å²) in [7, 11) is 6.59. The lowest BCUT2D eigenvalue weighted by Gasteiger charge is -2.19. The third kappa shape index (κ3) is 4.52. The molecule has 0 aliphatic carbocycles. The highest BCUT2D eigenvalue weighted by atomic mass is 16.5. The SMILES string of the molecule is COc1cccc(C(NC(=O)c2cc(-c3cc(OC)ccc3OC)on2)c2nccn2C)c1. The lowest BCUT2D eigenvalue weighted by Crippen LogP contribution is -2.31. The Morgan fingerprint density at radius 3 is 2.52 bits per heavy atom. The van der Waals surface area contributed by atoms with Gasteiger partial charge in [-0.05, 0) is 35.9 Å². The minimum Gasteiger partial charge on any atom is -0.497 e. The van der Waals surface area contributed by atoms with Gasteiger partial charge in [-0.3, -0.25) is 4.79 Å². The Hall–Kier alpha value is -4.27. The topological polar surface area (TPSA) is 101 Å². The molecule has 0 aliphatic heterocycles. The molecule has 1 N–H and O–H groups in total. The molecule has 4 rings (SSSR count). The van der Waals surface area contributed by atoms with Gasteiger partial charge in [-0.1, -0.05) is 17.3 Å². The van der Waals surface area contributed by atoms with Gasteiger partial charge in [0.2, 0.25) is 0 Å². The number of methoxy groups -OCH3 is 3. The Morgan fingerprint density at radius 1 is 1.03 bits per heavy atom. The van der Waals surface area contributed by atoms with Crippen LogP contribution >= 0.6 is 0 Å². The maximum Gasteiger partial charge on any atom is 0.274 e. The summed E-state index contributed by atoms with van der Waals surface area (Å²) in [6.07, 6.45) is 3.50. The van der Waals surface area contributed by atoms with Crippen molar-refractivity contribution in [3.63, 3.8) is 0 Å². The van der Waals surface area contributed by atoms with Gasteiger partial charge in [-0.15, -0.1) is 0 Å². The molecule has 4 aromatic rings. The third-order valence-electron chi connectivity index (χ3n) is 5.23. The van der Waals surface area contributed by atoms with Crippen molar-refractivity contribution in [3.05, 3.63) is 78.0 Å². The Kier molecular flexibility index (Phi) is 6.30. The lowest BCUT2D eigenvalue weighted by atomic mass is 10.1. The standard InChI is InChI=1S/C24H24N4O5/c1-28-11-10-25-23(28)22(15-6-5-7-16(12-15)30-2)26-24(29)19-14-21(33-27-19)18-13-17(31-3)8-9-20(18)32-4/h5-14,22H,1-4H3,(H,26,29). The Morgan fingerprint density at radius 2 is 1.82 bits per heavy atom. The predicted octanol–water partition coefficient (Wildman–Crippen LogP) is 3.62. The first-order chi connectivity index (χ1) is 16.0. The molecular formula is C24H24N4O5. The zero-order valence-electron chi connectivity index (χ0n) is 18.7. The van der Waals surface area contributed by atoms with Crippen LogP contribution in [0.2, 0.25) is 0 Å². The molecule has 2 aromatic carbocycles. The molecule has 0 fully saturated rings. The highest BCUT2D eigenvalue weighted by Crippen LogP contribution is 2.34. The molecule has 0 radical (unpaired) electrons. The number of hydrogen-bond acceptors (Lipinski definition) is 7. The molecule has 33 heavy (non-hydrogen) atoms. The van der Waals surface area contributed by atoms with E-state index in [1.165, 1.54) is 0 Å². The second-order valence-electron chi connectivity index (χ2n) is 7.22. The Labute approximate surface area is 190 Å². The van der Waals surface area contributed by atoms with Crippen LogP contribution in [0.25, 0.3) is 11.3 Å². The molecule has 0 saturated carbocycles. The summed E-state index contributed by atoms with van der Waals surface area (Å²) in [4.78, 5) is 17.6. The van der Waals surface area contributed by atoms with Gasteiger partial charge in [0, 0.05) is 25.5 Å². The minimum absolute atomic E-state index is 0.122. The number of ether oxygens (including phenoxy) is 3. The first-order valence-electron chi connectivity index (χ1n) is 10.1. The van der Waals surface area contributed by atoms with E-state index >= 15 is 0 Å². The number of aromatic nitrogens is 3. The van der Waals surface area contributed by atoms with Gasteiger partial charge < -0.3 is 28.6 Å². The van der Waals surface area contributed by atoms with E-state index in [9.17, 15) is 4.79 Å². The van der Waals surface area contributed by atoms with Crippen LogP contribution in [-0.4, -0.2) is 41.9 Å². The average molecular weight is 448 g/mol. The largest absolute Gasteiger partial charge is 0.497 e. The van der Waals surface area contributed by atoms with Crippen molar-refractivity contribution >= 4 is 5.91 Å². The lowest BCUT2D eigenvalue weighted by molar-refractivity contribution is 0.0932. The molecule has 1 unspecified atom stereocenters. The number of carbonyl (C=O) groups is 1. The van der Waals surface area contributed by atoms with Crippen molar-refractivity contribution < 1.29 is 23.5 Å². The zero-order valence-corrected chi connectivity index (χ0v) is 18.7. The number of aryl methyl sites for hydroxylation is 1. The molecule has 170 valence electrons. The summed E-state index contributed by atoms with van der Waals surface area (Å²) < 4.78 is 23.4. The number of rotatable bonds is 8. The predicted molar refractivity (Wildman–Crippen MR) is 121 cm³/mol. The van der Waals surface area contributed by atoms with Crippen LogP contribution in [0.1, 0.15) is 27.9 Å². The van der Waals surface area contributed by atoms with E-state index in [0.29, 0.717) is 34.4 Å². The first kappa shape index (κ1) is 21.9. The maximum atomic E-state index is 13.2. The number of nitrogens with zero attached hydrogens (tertiary/aromatic N) is 3. The van der Waals surface area contributed by atoms with Crippen LogP contribution in [0.4, 0.5) is 0 Å². The second-order valence-corrected chi connectivity index (χ2v) is 7.22. The van der Waals surface area contributed by atoms with Crippen molar-refractivity contribution in [2.45, 2.75) is 6.04 Å². The smallest absolute Gasteiger partial charge is 0.274 e. The van der Waals surface area contributed by atoms with Gasteiger partial charge in [0.05, 0.1) is 26.9 Å². The molecular weight excluding hydrogens is 424 g/mol. The summed E-state index contributed by atoms with van der Waals surface area (Å²) in [5.41, 5.74) is 1.56. The molecule has 1 amide bonds. The zero-order chi connectivity index (χ0) is 23.4. The molecule has 0 bridgehead atoms. The number of nitrogens with one attached hydrogen (secondary N) is 1. The van der Waals surface area contributed by atoms with E-state index in [2.05, 4.69) is 15.5 Å². The summed E-state index contributed by atoms with van der Waals surface area (Å²) in [5.74, 6) is 2.50. The van der Waals surface area contributed by atoms with E-state index in [0.717, 1.165) is 5.56 Å². The number of carbonyl (C=O) groups excluding carboxylic acids is 1. The molecule has 0 spiro atoms. The van der Waals surface area contributed by atoms with Crippen LogP contribution in [-0.2, 0) is 7.05 Å². The van der Waals surface area contributed by atoms with Gasteiger partial charge in [0.25, 0.3) is 5.91 Å². The van der Waals surface area contributed by atoms with Crippen molar-refractivity contribution in [2.75, 3.05) is 21.3 Å². The Balaban J connectivity index is 1.65. The first-order valence-corrected chi connectivity index (χ1v) is 10.1. The normalized spacial score (nSPS) is 11.6. The highest BCUT2D eigenvalue weighted by Gasteiger charge is 2.24. The molecule has 0 saturated heterocycles. The monoisotopic (exact) mass is 448 g/mol. The van der Waals surface area contributed by atoms with Crippen LogP contribution in [0.5, 0.6) is 17.2 Å². The number of imidazole rings is 1. The van der Waals surface area contributed by atoms with Gasteiger partial charge in [0.1, 0.15) is 29.1 Å². The van der Waals surface area contributed by atoms with E-state index in [1.54, 1.807) is 51.8 Å². The van der Waals surface area contributed by atoms with E-state index in [1.807, 2.05) is 42.1 Å². The van der Waals surface area contributed by atoms with Gasteiger partial charge >= 0.3 is 0 Å². The number of hydrogen-bond donors (Lipinski definition) is 1.